The van der Waals surface area contributed by atoms with Crippen LogP contribution in [0.1, 0.15) is 22.8 Å². The predicted octanol–water partition coefficient (Wildman–Crippen LogP) is 3.35. The SMILES string of the molecule is COC(=O)C1CC(=O)N(C)c2cc(-c3ccc(C)cc3)sc21. The highest BCUT2D eigenvalue weighted by molar-refractivity contribution is 7.16. The molecule has 5 heteroatoms. The van der Waals surface area contributed by atoms with Gasteiger partial charge >= 0.3 is 5.97 Å². The maximum Gasteiger partial charge on any atom is 0.314 e. The minimum atomic E-state index is -0.493. The van der Waals surface area contributed by atoms with E-state index in [-0.39, 0.29) is 18.3 Å². The summed E-state index contributed by atoms with van der Waals surface area (Å²) < 4.78 is 4.86. The fourth-order valence-corrected chi connectivity index (χ4v) is 3.92. The minimum Gasteiger partial charge on any atom is -0.469 e. The van der Waals surface area contributed by atoms with Crippen LogP contribution in [-0.4, -0.2) is 26.0 Å². The highest BCUT2D eigenvalue weighted by Gasteiger charge is 2.36. The third-order valence-corrected chi connectivity index (χ3v) is 5.28. The lowest BCUT2D eigenvalue weighted by atomic mass is 9.97. The number of aryl methyl sites for hydroxylation is 1. The highest BCUT2D eigenvalue weighted by atomic mass is 32.1. The number of benzene rings is 1. The Morgan fingerprint density at radius 1 is 1.32 bits per heavy atom. The number of carbonyl (C=O) groups is 2. The summed E-state index contributed by atoms with van der Waals surface area (Å²) in [5.41, 5.74) is 3.10. The molecule has 0 fully saturated rings. The number of anilines is 1. The number of amides is 1. The number of ether oxygens (including phenoxy) is 1. The van der Waals surface area contributed by atoms with E-state index < -0.39 is 5.92 Å². The van der Waals surface area contributed by atoms with Crippen molar-refractivity contribution in [2.45, 2.75) is 19.3 Å². The van der Waals surface area contributed by atoms with E-state index in [2.05, 4.69) is 24.3 Å². The molecule has 1 aromatic heterocycles. The van der Waals surface area contributed by atoms with E-state index >= 15 is 0 Å². The molecule has 1 aliphatic heterocycles. The van der Waals surface area contributed by atoms with Gasteiger partial charge in [0.15, 0.2) is 0 Å². The van der Waals surface area contributed by atoms with Gasteiger partial charge in [-0.25, -0.2) is 0 Å². The van der Waals surface area contributed by atoms with Crippen molar-refractivity contribution in [2.75, 3.05) is 19.1 Å². The van der Waals surface area contributed by atoms with Crippen molar-refractivity contribution in [1.29, 1.82) is 0 Å². The van der Waals surface area contributed by atoms with E-state index in [1.807, 2.05) is 13.0 Å². The Morgan fingerprint density at radius 3 is 2.64 bits per heavy atom. The molecule has 1 atom stereocenters. The molecule has 4 nitrogen and oxygen atoms in total. The maximum absolute atomic E-state index is 12.1. The van der Waals surface area contributed by atoms with Crippen LogP contribution in [0, 0.1) is 6.92 Å². The predicted molar refractivity (Wildman–Crippen MR) is 87.3 cm³/mol. The van der Waals surface area contributed by atoms with Gasteiger partial charge in [-0.05, 0) is 18.6 Å². The largest absolute Gasteiger partial charge is 0.469 e. The molecule has 2 aromatic rings. The number of thiophene rings is 1. The molecule has 114 valence electrons. The normalized spacial score (nSPS) is 17.3. The molecule has 2 heterocycles. The van der Waals surface area contributed by atoms with Crippen molar-refractivity contribution in [3.63, 3.8) is 0 Å². The monoisotopic (exact) mass is 315 g/mol. The zero-order valence-electron chi connectivity index (χ0n) is 12.8. The van der Waals surface area contributed by atoms with Crippen molar-refractivity contribution in [3.05, 3.63) is 40.8 Å². The van der Waals surface area contributed by atoms with Crippen molar-refractivity contribution in [2.24, 2.45) is 0 Å². The van der Waals surface area contributed by atoms with Crippen LogP contribution in [0.25, 0.3) is 10.4 Å². The summed E-state index contributed by atoms with van der Waals surface area (Å²) in [5, 5.41) is 0. The highest BCUT2D eigenvalue weighted by Crippen LogP contribution is 2.45. The van der Waals surface area contributed by atoms with E-state index in [0.29, 0.717) is 0 Å². The van der Waals surface area contributed by atoms with Crippen molar-refractivity contribution in [1.82, 2.24) is 0 Å². The molecule has 1 aromatic carbocycles. The van der Waals surface area contributed by atoms with E-state index in [0.717, 1.165) is 21.0 Å². The van der Waals surface area contributed by atoms with Gasteiger partial charge in [-0.15, -0.1) is 11.3 Å². The maximum atomic E-state index is 12.1. The van der Waals surface area contributed by atoms with Crippen LogP contribution in [0.15, 0.2) is 30.3 Å². The second-order valence-electron chi connectivity index (χ2n) is 5.46. The Balaban J connectivity index is 2.08. The molecule has 1 amide bonds. The number of hydrogen-bond acceptors (Lipinski definition) is 4. The van der Waals surface area contributed by atoms with Gasteiger partial charge in [0.1, 0.15) is 5.92 Å². The van der Waals surface area contributed by atoms with Crippen molar-refractivity contribution >= 4 is 28.9 Å². The Hall–Kier alpha value is -2.14. The summed E-state index contributed by atoms with van der Waals surface area (Å²) in [6.07, 6.45) is 0.171. The lowest BCUT2D eigenvalue weighted by molar-refractivity contribution is -0.144. The number of fused-ring (bicyclic) bond motifs is 1. The van der Waals surface area contributed by atoms with Crippen molar-refractivity contribution < 1.29 is 14.3 Å². The Labute approximate surface area is 133 Å². The number of esters is 1. The number of methoxy groups -OCH3 is 1. The molecule has 0 saturated heterocycles. The van der Waals surface area contributed by atoms with Crippen LogP contribution >= 0.6 is 11.3 Å². The van der Waals surface area contributed by atoms with Crippen LogP contribution in [0.3, 0.4) is 0 Å². The third kappa shape index (κ3) is 2.41. The van der Waals surface area contributed by atoms with Gasteiger partial charge in [-0.2, -0.15) is 0 Å². The van der Waals surface area contributed by atoms with E-state index in [9.17, 15) is 9.59 Å². The van der Waals surface area contributed by atoms with Gasteiger partial charge in [0.2, 0.25) is 5.91 Å². The molecule has 3 rings (SSSR count). The van der Waals surface area contributed by atoms with Crippen molar-refractivity contribution in [3.8, 4) is 10.4 Å². The number of nitrogens with zero attached hydrogens (tertiary/aromatic N) is 1. The Kier molecular flexibility index (Phi) is 3.74. The van der Waals surface area contributed by atoms with Crippen LogP contribution in [0.5, 0.6) is 0 Å². The molecule has 0 aliphatic carbocycles. The molecule has 0 bridgehead atoms. The summed E-state index contributed by atoms with van der Waals surface area (Å²) in [4.78, 5) is 27.7. The van der Waals surface area contributed by atoms with Gasteiger partial charge in [-0.3, -0.25) is 9.59 Å². The van der Waals surface area contributed by atoms with Crippen LogP contribution < -0.4 is 4.90 Å². The van der Waals surface area contributed by atoms with Crippen LogP contribution in [-0.2, 0) is 14.3 Å². The van der Waals surface area contributed by atoms with E-state index in [4.69, 9.17) is 4.74 Å². The van der Waals surface area contributed by atoms with Gasteiger partial charge in [-0.1, -0.05) is 29.8 Å². The summed E-state index contributed by atoms with van der Waals surface area (Å²) in [6.45, 7) is 2.04. The minimum absolute atomic E-state index is 0.0591. The first-order valence-electron chi connectivity index (χ1n) is 7.06. The number of carbonyl (C=O) groups excluding carboxylic acids is 2. The fourth-order valence-electron chi connectivity index (χ4n) is 2.64. The topological polar surface area (TPSA) is 46.6 Å². The first-order valence-corrected chi connectivity index (χ1v) is 7.88. The Bertz CT molecular complexity index is 733. The zero-order chi connectivity index (χ0) is 15.9. The first kappa shape index (κ1) is 14.8. The number of hydrogen-bond donors (Lipinski definition) is 0. The van der Waals surface area contributed by atoms with E-state index in [1.54, 1.807) is 23.3 Å². The smallest absolute Gasteiger partial charge is 0.314 e. The summed E-state index contributed by atoms with van der Waals surface area (Å²) in [5.74, 6) is -0.899. The standard InChI is InChI=1S/C17H17NO3S/c1-10-4-6-11(7-5-10)14-9-13-16(22-14)12(17(20)21-3)8-15(19)18(13)2/h4-7,9,12H,8H2,1-3H3. The summed E-state index contributed by atoms with van der Waals surface area (Å²) >= 11 is 1.56. The van der Waals surface area contributed by atoms with Crippen LogP contribution in [0.2, 0.25) is 0 Å². The first-order chi connectivity index (χ1) is 10.5. The molecule has 0 radical (unpaired) electrons. The van der Waals surface area contributed by atoms with Gasteiger partial charge in [0, 0.05) is 23.2 Å². The molecule has 1 aliphatic rings. The van der Waals surface area contributed by atoms with Crippen LogP contribution in [0.4, 0.5) is 5.69 Å². The van der Waals surface area contributed by atoms with Gasteiger partial charge in [0.05, 0.1) is 12.8 Å². The van der Waals surface area contributed by atoms with Gasteiger partial charge < -0.3 is 9.64 Å². The Morgan fingerprint density at radius 2 is 2.00 bits per heavy atom. The lowest BCUT2D eigenvalue weighted by Crippen LogP contribution is -2.34. The molecular weight excluding hydrogens is 298 g/mol. The molecule has 0 saturated carbocycles. The quantitative estimate of drug-likeness (QED) is 0.799. The average Bonchev–Trinajstić information content (AvgIpc) is 2.96. The molecule has 22 heavy (non-hydrogen) atoms. The summed E-state index contributed by atoms with van der Waals surface area (Å²) in [6, 6.07) is 10.2. The zero-order valence-corrected chi connectivity index (χ0v) is 13.6. The molecule has 1 unspecified atom stereocenters. The second kappa shape index (κ2) is 5.57. The second-order valence-corrected chi connectivity index (χ2v) is 6.54. The van der Waals surface area contributed by atoms with Gasteiger partial charge in [0.25, 0.3) is 0 Å². The summed E-state index contributed by atoms with van der Waals surface area (Å²) in [7, 11) is 3.11. The average molecular weight is 315 g/mol. The fraction of sp³-hybridized carbons (Fsp3) is 0.294. The van der Waals surface area contributed by atoms with E-state index in [1.165, 1.54) is 12.7 Å². The molecular formula is C17H17NO3S. The number of rotatable bonds is 2. The molecule has 0 spiro atoms. The third-order valence-electron chi connectivity index (χ3n) is 3.99. The molecule has 0 N–H and O–H groups in total. The lowest BCUT2D eigenvalue weighted by Gasteiger charge is -2.27.